The Morgan fingerprint density at radius 3 is 2.62 bits per heavy atom. The third-order valence-electron chi connectivity index (χ3n) is 3.85. The van der Waals surface area contributed by atoms with E-state index in [-0.39, 0.29) is 11.3 Å². The Kier molecular flexibility index (Phi) is 4.67. The second-order valence-electron chi connectivity index (χ2n) is 5.19. The highest BCUT2D eigenvalue weighted by Crippen LogP contribution is 2.27. The molecule has 1 fully saturated rings. The van der Waals surface area contributed by atoms with E-state index in [9.17, 15) is 19.8 Å². The van der Waals surface area contributed by atoms with Crippen LogP contribution in [0.4, 0.5) is 0 Å². The number of aliphatic carboxylic acids is 1. The lowest BCUT2D eigenvalue weighted by molar-refractivity contribution is -0.143. The molecular formula is C15H19NO5. The number of amides is 1. The highest BCUT2D eigenvalue weighted by Gasteiger charge is 2.32. The molecule has 1 aromatic carbocycles. The molecule has 6 heteroatoms. The molecule has 2 atom stereocenters. The van der Waals surface area contributed by atoms with Crippen molar-refractivity contribution in [3.05, 3.63) is 23.8 Å². The number of nitrogens with one attached hydrogen (secondary N) is 1. The normalized spacial score (nSPS) is 21.6. The number of benzene rings is 1. The standard InChI is InChI=1S/C15H19NO5/c1-21-9-6-7-11(13(17)8-9)14(18)16-12-5-3-2-4-10(12)15(19)20/h6-8,10,12,17H,2-5H2,1H3,(H,16,18)(H,19,20). The van der Waals surface area contributed by atoms with Gasteiger partial charge in [-0.15, -0.1) is 0 Å². The molecule has 1 aliphatic carbocycles. The number of phenols is 1. The van der Waals surface area contributed by atoms with Crippen LogP contribution in [0.1, 0.15) is 36.0 Å². The van der Waals surface area contributed by atoms with E-state index in [4.69, 9.17) is 4.74 Å². The number of methoxy groups -OCH3 is 1. The molecule has 0 spiro atoms. The summed E-state index contributed by atoms with van der Waals surface area (Å²) in [4.78, 5) is 23.4. The summed E-state index contributed by atoms with van der Waals surface area (Å²) in [5.41, 5.74) is 0.116. The molecule has 0 heterocycles. The average molecular weight is 293 g/mol. The van der Waals surface area contributed by atoms with Gasteiger partial charge in [0.25, 0.3) is 5.91 Å². The monoisotopic (exact) mass is 293 g/mol. The number of phenolic OH excluding ortho intramolecular Hbond substituents is 1. The van der Waals surface area contributed by atoms with Crippen LogP contribution in [0.5, 0.6) is 11.5 Å². The van der Waals surface area contributed by atoms with Crippen LogP contribution in [0.3, 0.4) is 0 Å². The molecule has 0 bridgehead atoms. The van der Waals surface area contributed by atoms with Gasteiger partial charge < -0.3 is 20.3 Å². The highest BCUT2D eigenvalue weighted by molar-refractivity contribution is 5.97. The minimum absolute atomic E-state index is 0.116. The van der Waals surface area contributed by atoms with E-state index in [0.29, 0.717) is 18.6 Å². The van der Waals surface area contributed by atoms with Gasteiger partial charge in [-0.1, -0.05) is 12.8 Å². The summed E-state index contributed by atoms with van der Waals surface area (Å²) >= 11 is 0. The molecule has 1 amide bonds. The fourth-order valence-corrected chi connectivity index (χ4v) is 2.68. The fourth-order valence-electron chi connectivity index (χ4n) is 2.68. The van der Waals surface area contributed by atoms with Crippen LogP contribution >= 0.6 is 0 Å². The van der Waals surface area contributed by atoms with Crippen molar-refractivity contribution >= 4 is 11.9 Å². The largest absolute Gasteiger partial charge is 0.507 e. The van der Waals surface area contributed by atoms with Crippen molar-refractivity contribution in [2.24, 2.45) is 5.92 Å². The lowest BCUT2D eigenvalue weighted by Gasteiger charge is -2.29. The van der Waals surface area contributed by atoms with E-state index in [1.807, 2.05) is 0 Å². The zero-order valence-electron chi connectivity index (χ0n) is 11.8. The molecule has 0 aromatic heterocycles. The maximum absolute atomic E-state index is 12.2. The van der Waals surface area contributed by atoms with E-state index in [1.165, 1.54) is 19.2 Å². The first kappa shape index (κ1) is 15.2. The van der Waals surface area contributed by atoms with Crippen LogP contribution in [0, 0.1) is 5.92 Å². The predicted molar refractivity (Wildman–Crippen MR) is 75.5 cm³/mol. The van der Waals surface area contributed by atoms with Gasteiger partial charge >= 0.3 is 5.97 Å². The van der Waals surface area contributed by atoms with Gasteiger partial charge in [0.05, 0.1) is 18.6 Å². The van der Waals surface area contributed by atoms with Crippen molar-refractivity contribution in [3.63, 3.8) is 0 Å². The number of carboxylic acid groups (broad SMARTS) is 1. The number of ether oxygens (including phenoxy) is 1. The van der Waals surface area contributed by atoms with Gasteiger partial charge in [-0.25, -0.2) is 0 Å². The Bertz CT molecular complexity index is 543. The summed E-state index contributed by atoms with van der Waals surface area (Å²) < 4.78 is 4.96. The maximum Gasteiger partial charge on any atom is 0.308 e. The molecule has 2 rings (SSSR count). The number of carbonyl (C=O) groups excluding carboxylic acids is 1. The van der Waals surface area contributed by atoms with Crippen molar-refractivity contribution in [1.29, 1.82) is 0 Å². The van der Waals surface area contributed by atoms with Crippen molar-refractivity contribution in [1.82, 2.24) is 5.32 Å². The van der Waals surface area contributed by atoms with Crippen LogP contribution in [0.2, 0.25) is 0 Å². The molecule has 1 aromatic rings. The van der Waals surface area contributed by atoms with Crippen molar-refractivity contribution in [3.8, 4) is 11.5 Å². The van der Waals surface area contributed by atoms with Gasteiger partial charge in [-0.05, 0) is 25.0 Å². The van der Waals surface area contributed by atoms with Gasteiger partial charge in [0.2, 0.25) is 0 Å². The Morgan fingerprint density at radius 1 is 1.29 bits per heavy atom. The van der Waals surface area contributed by atoms with Gasteiger partial charge in [-0.2, -0.15) is 0 Å². The fraction of sp³-hybridized carbons (Fsp3) is 0.467. The third kappa shape index (κ3) is 3.45. The molecule has 0 radical (unpaired) electrons. The number of rotatable bonds is 4. The second kappa shape index (κ2) is 6.47. The molecule has 0 aliphatic heterocycles. The first-order chi connectivity index (χ1) is 10.0. The number of hydrogen-bond acceptors (Lipinski definition) is 4. The molecule has 0 saturated heterocycles. The number of hydrogen-bond donors (Lipinski definition) is 3. The second-order valence-corrected chi connectivity index (χ2v) is 5.19. The van der Waals surface area contributed by atoms with E-state index in [1.54, 1.807) is 6.07 Å². The lowest BCUT2D eigenvalue weighted by atomic mass is 9.84. The van der Waals surface area contributed by atoms with Crippen LogP contribution < -0.4 is 10.1 Å². The maximum atomic E-state index is 12.2. The molecule has 2 unspecified atom stereocenters. The van der Waals surface area contributed by atoms with Crippen LogP contribution in [-0.4, -0.2) is 35.2 Å². The zero-order valence-corrected chi connectivity index (χ0v) is 11.8. The molecule has 114 valence electrons. The van der Waals surface area contributed by atoms with Crippen LogP contribution in [0.25, 0.3) is 0 Å². The minimum atomic E-state index is -0.890. The van der Waals surface area contributed by atoms with E-state index in [0.717, 1.165) is 12.8 Å². The van der Waals surface area contributed by atoms with Gasteiger partial charge in [0.1, 0.15) is 11.5 Å². The summed E-state index contributed by atoms with van der Waals surface area (Å²) in [6, 6.07) is 3.99. The van der Waals surface area contributed by atoms with Crippen molar-refractivity contribution in [2.45, 2.75) is 31.7 Å². The number of carboxylic acids is 1. The molecule has 6 nitrogen and oxygen atoms in total. The topological polar surface area (TPSA) is 95.9 Å². The predicted octanol–water partition coefficient (Wildman–Crippen LogP) is 1.77. The van der Waals surface area contributed by atoms with E-state index >= 15 is 0 Å². The molecule has 1 aliphatic rings. The molecule has 21 heavy (non-hydrogen) atoms. The zero-order chi connectivity index (χ0) is 15.4. The molecular weight excluding hydrogens is 274 g/mol. The SMILES string of the molecule is COc1ccc(C(=O)NC2CCCCC2C(=O)O)c(O)c1. The van der Waals surface area contributed by atoms with E-state index < -0.39 is 23.8 Å². The summed E-state index contributed by atoms with van der Waals surface area (Å²) in [5, 5.41) is 21.8. The van der Waals surface area contributed by atoms with Gasteiger partial charge in [0.15, 0.2) is 0 Å². The quantitative estimate of drug-likeness (QED) is 0.786. The Hall–Kier alpha value is -2.24. The summed E-state index contributed by atoms with van der Waals surface area (Å²) in [7, 11) is 1.47. The lowest BCUT2D eigenvalue weighted by Crippen LogP contribution is -2.45. The average Bonchev–Trinajstić information content (AvgIpc) is 2.47. The summed E-state index contributed by atoms with van der Waals surface area (Å²) in [6.45, 7) is 0. The van der Waals surface area contributed by atoms with Crippen molar-refractivity contribution < 1.29 is 24.5 Å². The Balaban J connectivity index is 2.11. The minimum Gasteiger partial charge on any atom is -0.507 e. The highest BCUT2D eigenvalue weighted by atomic mass is 16.5. The number of aromatic hydroxyl groups is 1. The Morgan fingerprint density at radius 2 is 2.00 bits per heavy atom. The third-order valence-corrected chi connectivity index (χ3v) is 3.85. The first-order valence-electron chi connectivity index (χ1n) is 6.93. The summed E-state index contributed by atoms with van der Waals surface area (Å²) in [5.74, 6) is -1.66. The summed E-state index contributed by atoms with van der Waals surface area (Å²) in [6.07, 6.45) is 2.95. The number of carbonyl (C=O) groups is 2. The molecule has 1 saturated carbocycles. The Labute approximate surface area is 122 Å². The van der Waals surface area contributed by atoms with Gasteiger partial charge in [-0.3, -0.25) is 9.59 Å². The van der Waals surface area contributed by atoms with Crippen LogP contribution in [-0.2, 0) is 4.79 Å². The van der Waals surface area contributed by atoms with Crippen molar-refractivity contribution in [2.75, 3.05) is 7.11 Å². The van der Waals surface area contributed by atoms with E-state index in [2.05, 4.69) is 5.32 Å². The van der Waals surface area contributed by atoms with Gasteiger partial charge in [0, 0.05) is 12.1 Å². The first-order valence-corrected chi connectivity index (χ1v) is 6.93. The van der Waals surface area contributed by atoms with Crippen LogP contribution in [0.15, 0.2) is 18.2 Å². The molecule has 3 N–H and O–H groups in total. The smallest absolute Gasteiger partial charge is 0.308 e.